The molecule has 0 bridgehead atoms. The van der Waals surface area contributed by atoms with E-state index in [0.29, 0.717) is 10.2 Å². The normalized spacial score (nSPS) is 10.2. The summed E-state index contributed by atoms with van der Waals surface area (Å²) in [6.45, 7) is 0. The number of halogens is 2. The van der Waals surface area contributed by atoms with Crippen molar-refractivity contribution in [3.05, 3.63) is 52.3 Å². The molecule has 5 N–H and O–H groups in total. The second-order valence-corrected chi connectivity index (χ2v) is 4.84. The zero-order valence-electron chi connectivity index (χ0n) is 9.78. The number of anilines is 3. The number of hydrogen-bond donors (Lipinski definition) is 3. The van der Waals surface area contributed by atoms with Gasteiger partial charge in [-0.2, -0.15) is 0 Å². The van der Waals surface area contributed by atoms with Gasteiger partial charge in [0.15, 0.2) is 0 Å². The third-order valence-corrected chi connectivity index (χ3v) is 2.99. The van der Waals surface area contributed by atoms with E-state index in [-0.39, 0.29) is 16.9 Å². The Labute approximate surface area is 117 Å². The molecule has 0 aliphatic rings. The van der Waals surface area contributed by atoms with Gasteiger partial charge in [-0.05, 0) is 36.4 Å². The van der Waals surface area contributed by atoms with Crippen molar-refractivity contribution in [3.63, 3.8) is 0 Å². The van der Waals surface area contributed by atoms with Crippen molar-refractivity contribution in [2.45, 2.75) is 0 Å². The highest BCUT2D eigenvalue weighted by molar-refractivity contribution is 9.10. The summed E-state index contributed by atoms with van der Waals surface area (Å²) < 4.78 is 14.2. The van der Waals surface area contributed by atoms with E-state index in [2.05, 4.69) is 21.2 Å². The van der Waals surface area contributed by atoms with E-state index in [9.17, 15) is 9.18 Å². The fraction of sp³-hybridized carbons (Fsp3) is 0. The maximum Gasteiger partial charge on any atom is 0.257 e. The molecule has 1 amide bonds. The molecule has 0 saturated carbocycles. The Morgan fingerprint density at radius 2 is 1.89 bits per heavy atom. The maximum absolute atomic E-state index is 13.6. The zero-order valence-corrected chi connectivity index (χ0v) is 11.4. The first-order valence-corrected chi connectivity index (χ1v) is 6.18. The number of carbonyl (C=O) groups is 1. The third kappa shape index (κ3) is 3.03. The van der Waals surface area contributed by atoms with Gasteiger partial charge in [-0.15, -0.1) is 0 Å². The second kappa shape index (κ2) is 5.27. The predicted octanol–water partition coefficient (Wildman–Crippen LogP) is 3.00. The van der Waals surface area contributed by atoms with Gasteiger partial charge in [0.25, 0.3) is 5.91 Å². The van der Waals surface area contributed by atoms with Crippen LogP contribution in [-0.4, -0.2) is 5.91 Å². The zero-order chi connectivity index (χ0) is 14.0. The van der Waals surface area contributed by atoms with Crippen molar-refractivity contribution < 1.29 is 9.18 Å². The fourth-order valence-corrected chi connectivity index (χ4v) is 1.90. The number of nitrogens with two attached hydrogens (primary N) is 2. The Bertz CT molecular complexity index is 646. The highest BCUT2D eigenvalue weighted by Crippen LogP contribution is 2.22. The molecule has 0 atom stereocenters. The third-order valence-electron chi connectivity index (χ3n) is 2.50. The molecule has 6 heteroatoms. The van der Waals surface area contributed by atoms with Crippen LogP contribution in [0, 0.1) is 5.82 Å². The van der Waals surface area contributed by atoms with Crippen LogP contribution in [0.2, 0.25) is 0 Å². The lowest BCUT2D eigenvalue weighted by Crippen LogP contribution is -2.15. The minimum absolute atomic E-state index is 0.0874. The number of amides is 1. The fourth-order valence-electron chi connectivity index (χ4n) is 1.57. The molecule has 2 rings (SSSR count). The Hall–Kier alpha value is -2.08. The maximum atomic E-state index is 13.6. The van der Waals surface area contributed by atoms with Gasteiger partial charge in [0.1, 0.15) is 5.82 Å². The molecule has 0 aliphatic carbocycles. The number of nitrogens with one attached hydrogen (secondary N) is 1. The molecule has 0 radical (unpaired) electrons. The average Bonchev–Trinajstić information content (AvgIpc) is 2.32. The number of nitrogen functional groups attached to an aromatic ring is 2. The standard InChI is InChI=1S/C13H11BrFN3O/c14-7-1-4-12(10(15)5-7)18-13(19)9-3-2-8(16)6-11(9)17/h1-6H,16-17H2,(H,18,19). The summed E-state index contributed by atoms with van der Waals surface area (Å²) in [5.74, 6) is -1.02. The van der Waals surface area contributed by atoms with Crippen molar-refractivity contribution in [1.29, 1.82) is 0 Å². The Morgan fingerprint density at radius 3 is 2.53 bits per heavy atom. The van der Waals surface area contributed by atoms with Crippen LogP contribution in [0.5, 0.6) is 0 Å². The van der Waals surface area contributed by atoms with Crippen molar-refractivity contribution in [1.82, 2.24) is 0 Å². The summed E-state index contributed by atoms with van der Waals surface area (Å²) in [4.78, 5) is 12.0. The smallest absolute Gasteiger partial charge is 0.257 e. The number of rotatable bonds is 2. The van der Waals surface area contributed by atoms with E-state index in [1.165, 1.54) is 24.3 Å². The Morgan fingerprint density at radius 1 is 1.16 bits per heavy atom. The van der Waals surface area contributed by atoms with E-state index in [1.54, 1.807) is 12.1 Å². The largest absolute Gasteiger partial charge is 0.399 e. The molecule has 0 aromatic heterocycles. The van der Waals surface area contributed by atoms with Gasteiger partial charge in [-0.25, -0.2) is 4.39 Å². The van der Waals surface area contributed by atoms with E-state index in [4.69, 9.17) is 11.5 Å². The molecule has 2 aromatic carbocycles. The molecule has 98 valence electrons. The van der Waals surface area contributed by atoms with Gasteiger partial charge in [0, 0.05) is 15.8 Å². The molecular weight excluding hydrogens is 313 g/mol. The van der Waals surface area contributed by atoms with Crippen molar-refractivity contribution >= 4 is 38.9 Å². The number of carbonyl (C=O) groups excluding carboxylic acids is 1. The van der Waals surface area contributed by atoms with Gasteiger partial charge >= 0.3 is 0 Å². The number of benzene rings is 2. The quantitative estimate of drug-likeness (QED) is 0.743. The second-order valence-electron chi connectivity index (χ2n) is 3.92. The minimum atomic E-state index is -0.531. The van der Waals surface area contributed by atoms with Crippen molar-refractivity contribution in [3.8, 4) is 0 Å². The monoisotopic (exact) mass is 323 g/mol. The van der Waals surface area contributed by atoms with E-state index in [1.807, 2.05) is 0 Å². The summed E-state index contributed by atoms with van der Waals surface area (Å²) in [5.41, 5.74) is 12.3. The number of hydrogen-bond acceptors (Lipinski definition) is 3. The van der Waals surface area contributed by atoms with Crippen LogP contribution in [0.25, 0.3) is 0 Å². The van der Waals surface area contributed by atoms with Gasteiger partial charge in [-0.3, -0.25) is 4.79 Å². The molecule has 0 fully saturated rings. The Balaban J connectivity index is 2.25. The summed E-state index contributed by atoms with van der Waals surface area (Å²) >= 11 is 3.14. The first-order valence-electron chi connectivity index (χ1n) is 5.39. The minimum Gasteiger partial charge on any atom is -0.399 e. The van der Waals surface area contributed by atoms with Gasteiger partial charge in [-0.1, -0.05) is 15.9 Å². The summed E-state index contributed by atoms with van der Waals surface area (Å²) in [7, 11) is 0. The van der Waals surface area contributed by atoms with Crippen LogP contribution in [0.4, 0.5) is 21.5 Å². The lowest BCUT2D eigenvalue weighted by Gasteiger charge is -2.09. The molecule has 0 aliphatic heterocycles. The summed E-state index contributed by atoms with van der Waals surface area (Å²) in [6.07, 6.45) is 0. The van der Waals surface area contributed by atoms with Gasteiger partial charge < -0.3 is 16.8 Å². The molecule has 0 unspecified atom stereocenters. The lowest BCUT2D eigenvalue weighted by atomic mass is 10.1. The first-order chi connectivity index (χ1) is 8.97. The molecule has 0 heterocycles. The van der Waals surface area contributed by atoms with E-state index >= 15 is 0 Å². The highest BCUT2D eigenvalue weighted by atomic mass is 79.9. The first kappa shape index (κ1) is 13.4. The van der Waals surface area contributed by atoms with Crippen LogP contribution in [0.15, 0.2) is 40.9 Å². The van der Waals surface area contributed by atoms with Crippen LogP contribution in [-0.2, 0) is 0 Å². The van der Waals surface area contributed by atoms with E-state index in [0.717, 1.165) is 0 Å². The van der Waals surface area contributed by atoms with Crippen LogP contribution >= 0.6 is 15.9 Å². The molecule has 4 nitrogen and oxygen atoms in total. The average molecular weight is 324 g/mol. The van der Waals surface area contributed by atoms with Crippen molar-refractivity contribution in [2.24, 2.45) is 0 Å². The van der Waals surface area contributed by atoms with Gasteiger partial charge in [0.2, 0.25) is 0 Å². The molecule has 0 saturated heterocycles. The van der Waals surface area contributed by atoms with Crippen LogP contribution in [0.1, 0.15) is 10.4 Å². The van der Waals surface area contributed by atoms with Crippen LogP contribution in [0.3, 0.4) is 0 Å². The Kier molecular flexibility index (Phi) is 3.71. The summed E-state index contributed by atoms with van der Waals surface area (Å²) in [6, 6.07) is 8.89. The van der Waals surface area contributed by atoms with Gasteiger partial charge in [0.05, 0.1) is 11.3 Å². The van der Waals surface area contributed by atoms with Crippen LogP contribution < -0.4 is 16.8 Å². The van der Waals surface area contributed by atoms with E-state index < -0.39 is 11.7 Å². The SMILES string of the molecule is Nc1ccc(C(=O)Nc2ccc(Br)cc2F)c(N)c1. The highest BCUT2D eigenvalue weighted by Gasteiger charge is 2.12. The molecular formula is C13H11BrFN3O. The lowest BCUT2D eigenvalue weighted by molar-refractivity contribution is 0.102. The molecule has 2 aromatic rings. The summed E-state index contributed by atoms with van der Waals surface area (Å²) in [5, 5.41) is 2.46. The molecule has 0 spiro atoms. The van der Waals surface area contributed by atoms with Crippen molar-refractivity contribution in [2.75, 3.05) is 16.8 Å². The predicted molar refractivity (Wildman–Crippen MR) is 77.3 cm³/mol. The topological polar surface area (TPSA) is 81.1 Å². The molecule has 19 heavy (non-hydrogen) atoms.